The van der Waals surface area contributed by atoms with Gasteiger partial charge in [0, 0.05) is 30.4 Å². The molecular formula is C14H24N4. The topological polar surface area (TPSA) is 57.9 Å². The Labute approximate surface area is 109 Å². The Hall–Kier alpha value is -1.03. The van der Waals surface area contributed by atoms with Crippen LogP contribution >= 0.6 is 0 Å². The van der Waals surface area contributed by atoms with Crippen LogP contribution in [0.1, 0.15) is 57.2 Å². The fourth-order valence-electron chi connectivity index (χ4n) is 3.77. The van der Waals surface area contributed by atoms with Crippen LogP contribution < -0.4 is 10.6 Å². The molecule has 0 radical (unpaired) electrons. The number of rotatable bonds is 1. The largest absolute Gasteiger partial charge is 0.353 e. The van der Waals surface area contributed by atoms with Crippen LogP contribution in [0.4, 0.5) is 5.82 Å². The number of nitrogens with two attached hydrogens (primary N) is 1. The Morgan fingerprint density at radius 2 is 2.22 bits per heavy atom. The molecule has 1 aliphatic heterocycles. The van der Waals surface area contributed by atoms with Crippen molar-refractivity contribution < 1.29 is 0 Å². The first kappa shape index (κ1) is 12.0. The highest BCUT2D eigenvalue weighted by molar-refractivity contribution is 5.56. The zero-order chi connectivity index (χ0) is 12.9. The van der Waals surface area contributed by atoms with Gasteiger partial charge in [-0.3, -0.25) is 5.10 Å². The molecule has 0 amide bonds. The number of aromatic amines is 1. The van der Waals surface area contributed by atoms with Crippen LogP contribution in [0.5, 0.6) is 0 Å². The van der Waals surface area contributed by atoms with Gasteiger partial charge in [0.05, 0.1) is 0 Å². The summed E-state index contributed by atoms with van der Waals surface area (Å²) in [7, 11) is 0. The molecule has 3 N–H and O–H groups in total. The lowest BCUT2D eigenvalue weighted by atomic mass is 9.86. The summed E-state index contributed by atoms with van der Waals surface area (Å²) >= 11 is 0. The molecule has 100 valence electrons. The summed E-state index contributed by atoms with van der Waals surface area (Å²) in [4.78, 5) is 2.38. The molecule has 1 aliphatic carbocycles. The lowest BCUT2D eigenvalue weighted by molar-refractivity contribution is 0.472. The zero-order valence-corrected chi connectivity index (χ0v) is 11.7. The number of piperidine rings is 1. The number of nitrogens with zero attached hydrogens (tertiary/aromatic N) is 2. The number of hydrogen-bond acceptors (Lipinski definition) is 3. The molecule has 2 heterocycles. The van der Waals surface area contributed by atoms with Gasteiger partial charge in [-0.1, -0.05) is 20.8 Å². The van der Waals surface area contributed by atoms with Gasteiger partial charge in [0.2, 0.25) is 0 Å². The number of fused-ring (bicyclic) bond motifs is 1. The molecule has 0 saturated carbocycles. The van der Waals surface area contributed by atoms with Crippen molar-refractivity contribution in [2.75, 3.05) is 18.0 Å². The van der Waals surface area contributed by atoms with E-state index in [0.717, 1.165) is 25.3 Å². The molecule has 4 nitrogen and oxygen atoms in total. The van der Waals surface area contributed by atoms with Crippen molar-refractivity contribution in [2.24, 2.45) is 5.73 Å². The molecule has 2 unspecified atom stereocenters. The smallest absolute Gasteiger partial charge is 0.154 e. The van der Waals surface area contributed by atoms with Crippen molar-refractivity contribution in [3.63, 3.8) is 0 Å². The van der Waals surface area contributed by atoms with E-state index in [2.05, 4.69) is 35.9 Å². The van der Waals surface area contributed by atoms with Crippen LogP contribution in [0.2, 0.25) is 0 Å². The van der Waals surface area contributed by atoms with Crippen molar-refractivity contribution >= 4 is 5.82 Å². The van der Waals surface area contributed by atoms with E-state index in [0.29, 0.717) is 12.0 Å². The van der Waals surface area contributed by atoms with E-state index < -0.39 is 0 Å². The van der Waals surface area contributed by atoms with Gasteiger partial charge < -0.3 is 10.6 Å². The van der Waals surface area contributed by atoms with Gasteiger partial charge in [-0.15, -0.1) is 0 Å². The van der Waals surface area contributed by atoms with Crippen molar-refractivity contribution in [1.82, 2.24) is 10.2 Å². The van der Waals surface area contributed by atoms with Gasteiger partial charge in [0.1, 0.15) is 0 Å². The standard InChI is InChI=1S/C14H24N4/c1-9-7-14(2,3)11-12(9)16-17-13(11)18-6-4-5-10(15)8-18/h9-10H,4-8,15H2,1-3H3,(H,16,17). The second-order valence-corrected chi connectivity index (χ2v) is 6.67. The molecule has 2 atom stereocenters. The normalized spacial score (nSPS) is 30.6. The lowest BCUT2D eigenvalue weighted by Gasteiger charge is -2.33. The van der Waals surface area contributed by atoms with Crippen LogP contribution in [-0.2, 0) is 5.41 Å². The molecule has 0 aromatic carbocycles. The predicted molar refractivity (Wildman–Crippen MR) is 74.1 cm³/mol. The van der Waals surface area contributed by atoms with Crippen molar-refractivity contribution in [1.29, 1.82) is 0 Å². The third-order valence-corrected chi connectivity index (χ3v) is 4.52. The fourth-order valence-corrected chi connectivity index (χ4v) is 3.77. The molecule has 0 spiro atoms. The summed E-state index contributed by atoms with van der Waals surface area (Å²) in [5.74, 6) is 1.75. The minimum absolute atomic E-state index is 0.235. The van der Waals surface area contributed by atoms with Crippen LogP contribution in [0.3, 0.4) is 0 Å². The molecule has 0 bridgehead atoms. The van der Waals surface area contributed by atoms with E-state index in [1.807, 2.05) is 0 Å². The second-order valence-electron chi connectivity index (χ2n) is 6.67. The van der Waals surface area contributed by atoms with Crippen molar-refractivity contribution in [3.05, 3.63) is 11.3 Å². The molecule has 2 aliphatic rings. The molecule has 1 aromatic heterocycles. The van der Waals surface area contributed by atoms with Crippen molar-refractivity contribution in [3.8, 4) is 0 Å². The molecule has 1 fully saturated rings. The number of hydrogen-bond donors (Lipinski definition) is 2. The highest BCUT2D eigenvalue weighted by Gasteiger charge is 2.40. The number of nitrogens with one attached hydrogen (secondary N) is 1. The van der Waals surface area contributed by atoms with E-state index in [4.69, 9.17) is 5.73 Å². The van der Waals surface area contributed by atoms with Crippen LogP contribution in [0, 0.1) is 0 Å². The first-order valence-electron chi connectivity index (χ1n) is 7.08. The van der Waals surface area contributed by atoms with E-state index >= 15 is 0 Å². The number of anilines is 1. The average molecular weight is 248 g/mol. The zero-order valence-electron chi connectivity index (χ0n) is 11.7. The molecule has 4 heteroatoms. The van der Waals surface area contributed by atoms with Gasteiger partial charge in [0.25, 0.3) is 0 Å². The van der Waals surface area contributed by atoms with Crippen LogP contribution in [0.25, 0.3) is 0 Å². The van der Waals surface area contributed by atoms with Gasteiger partial charge in [-0.05, 0) is 30.6 Å². The maximum Gasteiger partial charge on any atom is 0.154 e. The van der Waals surface area contributed by atoms with E-state index in [-0.39, 0.29) is 5.41 Å². The number of aromatic nitrogens is 2. The molecule has 18 heavy (non-hydrogen) atoms. The van der Waals surface area contributed by atoms with E-state index in [1.165, 1.54) is 24.1 Å². The summed E-state index contributed by atoms with van der Waals surface area (Å²) in [5, 5.41) is 7.86. The summed E-state index contributed by atoms with van der Waals surface area (Å²) in [6.45, 7) is 8.99. The van der Waals surface area contributed by atoms with E-state index in [9.17, 15) is 0 Å². The lowest BCUT2D eigenvalue weighted by Crippen LogP contribution is -2.43. The van der Waals surface area contributed by atoms with Gasteiger partial charge in [-0.25, -0.2) is 0 Å². The van der Waals surface area contributed by atoms with Crippen molar-refractivity contribution in [2.45, 2.75) is 57.4 Å². The Morgan fingerprint density at radius 3 is 2.94 bits per heavy atom. The third kappa shape index (κ3) is 1.74. The SMILES string of the molecule is CC1CC(C)(C)c2c(N3CCCC(N)C3)n[nH]c21. The van der Waals surface area contributed by atoms with E-state index in [1.54, 1.807) is 0 Å². The number of H-pyrrole nitrogens is 1. The Bertz CT molecular complexity index is 449. The molecule has 3 rings (SSSR count). The fraction of sp³-hybridized carbons (Fsp3) is 0.786. The highest BCUT2D eigenvalue weighted by Crippen LogP contribution is 2.48. The predicted octanol–water partition coefficient (Wildman–Crippen LogP) is 2.12. The Morgan fingerprint density at radius 1 is 1.44 bits per heavy atom. The van der Waals surface area contributed by atoms with Gasteiger partial charge in [0.15, 0.2) is 5.82 Å². The maximum atomic E-state index is 6.09. The highest BCUT2D eigenvalue weighted by atomic mass is 15.3. The summed E-state index contributed by atoms with van der Waals surface area (Å²) in [6.07, 6.45) is 3.53. The van der Waals surface area contributed by atoms with Crippen LogP contribution in [0.15, 0.2) is 0 Å². The molecular weight excluding hydrogens is 224 g/mol. The van der Waals surface area contributed by atoms with Gasteiger partial charge >= 0.3 is 0 Å². The van der Waals surface area contributed by atoms with Gasteiger partial charge in [-0.2, -0.15) is 5.10 Å². The Balaban J connectivity index is 1.97. The average Bonchev–Trinajstić information content (AvgIpc) is 2.81. The minimum atomic E-state index is 0.235. The maximum absolute atomic E-state index is 6.09. The summed E-state index contributed by atoms with van der Waals surface area (Å²) in [6, 6.07) is 0.299. The molecule has 1 saturated heterocycles. The third-order valence-electron chi connectivity index (χ3n) is 4.52. The first-order valence-corrected chi connectivity index (χ1v) is 7.08. The Kier molecular flexibility index (Phi) is 2.66. The minimum Gasteiger partial charge on any atom is -0.353 e. The second kappa shape index (κ2) is 3.98. The quantitative estimate of drug-likeness (QED) is 0.800. The van der Waals surface area contributed by atoms with Crippen LogP contribution in [-0.4, -0.2) is 29.3 Å². The monoisotopic (exact) mass is 248 g/mol. The molecule has 1 aromatic rings. The first-order chi connectivity index (χ1) is 8.49. The summed E-state index contributed by atoms with van der Waals surface area (Å²) < 4.78 is 0. The summed E-state index contributed by atoms with van der Waals surface area (Å²) in [5.41, 5.74) is 9.10.